The average molecular weight is 244 g/mol. The number of hydrogen-bond acceptors (Lipinski definition) is 0. The van der Waals surface area contributed by atoms with Crippen LogP contribution in [0.15, 0.2) is 30.8 Å². The third-order valence-electron chi connectivity index (χ3n) is 3.69. The molecule has 1 rings (SSSR count). The molecule has 0 heterocycles. The van der Waals surface area contributed by atoms with Gasteiger partial charge in [0.05, 0.1) is 0 Å². The molecule has 0 aliphatic heterocycles. The molecular weight excluding hydrogens is 216 g/mol. The van der Waals surface area contributed by atoms with E-state index in [1.165, 1.54) is 48.8 Å². The van der Waals surface area contributed by atoms with Crippen molar-refractivity contribution < 1.29 is 0 Å². The first-order valence-electron chi connectivity index (χ1n) is 7.47. The topological polar surface area (TPSA) is 0 Å². The minimum absolute atomic E-state index is 0.678. The first kappa shape index (κ1) is 15.0. The number of unbranched alkanes of at least 4 members (excludes halogenated alkanes) is 2. The SMILES string of the molecule is C=C(CCCCC)c1ccc(C(C)CCC)cc1. The quantitative estimate of drug-likeness (QED) is 0.479. The summed E-state index contributed by atoms with van der Waals surface area (Å²) < 4.78 is 0. The van der Waals surface area contributed by atoms with Crippen molar-refractivity contribution in [2.24, 2.45) is 0 Å². The van der Waals surface area contributed by atoms with E-state index in [4.69, 9.17) is 0 Å². The Morgan fingerprint density at radius 2 is 1.72 bits per heavy atom. The van der Waals surface area contributed by atoms with Crippen LogP contribution in [-0.2, 0) is 0 Å². The smallest absolute Gasteiger partial charge is 0.0190 e. The average Bonchev–Trinajstić information content (AvgIpc) is 2.39. The summed E-state index contributed by atoms with van der Waals surface area (Å²) in [6.07, 6.45) is 7.52. The van der Waals surface area contributed by atoms with Crippen molar-refractivity contribution in [3.63, 3.8) is 0 Å². The number of hydrogen-bond donors (Lipinski definition) is 0. The third kappa shape index (κ3) is 4.68. The van der Waals surface area contributed by atoms with Crippen LogP contribution in [0.5, 0.6) is 0 Å². The van der Waals surface area contributed by atoms with Crippen LogP contribution in [0.4, 0.5) is 0 Å². The van der Waals surface area contributed by atoms with Crippen LogP contribution in [0.2, 0.25) is 0 Å². The summed E-state index contributed by atoms with van der Waals surface area (Å²) in [6.45, 7) is 11.0. The molecule has 0 bridgehead atoms. The zero-order valence-electron chi connectivity index (χ0n) is 12.3. The summed E-state index contributed by atoms with van der Waals surface area (Å²) in [7, 11) is 0. The second-order valence-corrected chi connectivity index (χ2v) is 5.37. The molecule has 0 aliphatic carbocycles. The van der Waals surface area contributed by atoms with Crippen molar-refractivity contribution in [3.05, 3.63) is 42.0 Å². The van der Waals surface area contributed by atoms with Gasteiger partial charge in [0.1, 0.15) is 0 Å². The van der Waals surface area contributed by atoms with Crippen LogP contribution in [-0.4, -0.2) is 0 Å². The van der Waals surface area contributed by atoms with Gasteiger partial charge < -0.3 is 0 Å². The molecule has 0 nitrogen and oxygen atoms in total. The molecule has 0 saturated carbocycles. The van der Waals surface area contributed by atoms with Crippen molar-refractivity contribution >= 4 is 5.57 Å². The van der Waals surface area contributed by atoms with Gasteiger partial charge in [0.25, 0.3) is 0 Å². The van der Waals surface area contributed by atoms with Gasteiger partial charge in [-0.25, -0.2) is 0 Å². The van der Waals surface area contributed by atoms with E-state index in [2.05, 4.69) is 51.6 Å². The van der Waals surface area contributed by atoms with E-state index < -0.39 is 0 Å². The molecule has 100 valence electrons. The van der Waals surface area contributed by atoms with Crippen LogP contribution in [0.25, 0.3) is 5.57 Å². The molecule has 1 aromatic rings. The van der Waals surface area contributed by atoms with E-state index >= 15 is 0 Å². The van der Waals surface area contributed by atoms with Crippen LogP contribution < -0.4 is 0 Å². The summed E-state index contributed by atoms with van der Waals surface area (Å²) >= 11 is 0. The number of allylic oxidation sites excluding steroid dienone is 1. The second kappa shape index (κ2) is 8.13. The fourth-order valence-electron chi connectivity index (χ4n) is 2.38. The van der Waals surface area contributed by atoms with Crippen molar-refractivity contribution in [2.45, 2.75) is 65.2 Å². The predicted molar refractivity (Wildman–Crippen MR) is 82.9 cm³/mol. The van der Waals surface area contributed by atoms with Gasteiger partial charge in [-0.1, -0.05) is 70.9 Å². The van der Waals surface area contributed by atoms with Gasteiger partial charge >= 0.3 is 0 Å². The Morgan fingerprint density at radius 3 is 2.28 bits per heavy atom. The molecule has 0 amide bonds. The molecule has 0 aromatic heterocycles. The zero-order chi connectivity index (χ0) is 13.4. The van der Waals surface area contributed by atoms with E-state index in [0.29, 0.717) is 5.92 Å². The largest absolute Gasteiger partial charge is 0.0952 e. The van der Waals surface area contributed by atoms with Gasteiger partial charge in [-0.3, -0.25) is 0 Å². The monoisotopic (exact) mass is 244 g/mol. The van der Waals surface area contributed by atoms with Gasteiger partial charge in [0.2, 0.25) is 0 Å². The van der Waals surface area contributed by atoms with E-state index in [1.807, 2.05) is 0 Å². The maximum atomic E-state index is 4.21. The maximum Gasteiger partial charge on any atom is -0.0190 e. The maximum absolute atomic E-state index is 4.21. The lowest BCUT2D eigenvalue weighted by Gasteiger charge is -2.12. The Labute approximate surface area is 113 Å². The molecule has 0 fully saturated rings. The van der Waals surface area contributed by atoms with Crippen molar-refractivity contribution in [1.29, 1.82) is 0 Å². The van der Waals surface area contributed by atoms with Crippen LogP contribution in [0, 0.1) is 0 Å². The van der Waals surface area contributed by atoms with Crippen molar-refractivity contribution in [2.75, 3.05) is 0 Å². The van der Waals surface area contributed by atoms with E-state index in [0.717, 1.165) is 6.42 Å². The van der Waals surface area contributed by atoms with Gasteiger partial charge in [-0.05, 0) is 41.9 Å². The Morgan fingerprint density at radius 1 is 1.06 bits per heavy atom. The minimum Gasteiger partial charge on any atom is -0.0952 e. The molecule has 1 unspecified atom stereocenters. The molecule has 1 atom stereocenters. The van der Waals surface area contributed by atoms with E-state index in [-0.39, 0.29) is 0 Å². The van der Waals surface area contributed by atoms with Crippen molar-refractivity contribution in [1.82, 2.24) is 0 Å². The second-order valence-electron chi connectivity index (χ2n) is 5.37. The summed E-state index contributed by atoms with van der Waals surface area (Å²) in [5.41, 5.74) is 4.07. The highest BCUT2D eigenvalue weighted by molar-refractivity contribution is 5.63. The Hall–Kier alpha value is -1.04. The molecule has 0 aliphatic rings. The Kier molecular flexibility index (Phi) is 6.78. The van der Waals surface area contributed by atoms with Crippen molar-refractivity contribution in [3.8, 4) is 0 Å². The Bertz CT molecular complexity index is 345. The fourth-order valence-corrected chi connectivity index (χ4v) is 2.38. The van der Waals surface area contributed by atoms with E-state index in [9.17, 15) is 0 Å². The van der Waals surface area contributed by atoms with Crippen LogP contribution in [0.1, 0.15) is 76.3 Å². The normalized spacial score (nSPS) is 12.4. The first-order chi connectivity index (χ1) is 8.69. The minimum atomic E-state index is 0.678. The molecule has 0 radical (unpaired) electrons. The number of rotatable bonds is 8. The lowest BCUT2D eigenvalue weighted by molar-refractivity contribution is 0.665. The predicted octanol–water partition coefficient (Wildman–Crippen LogP) is 6.18. The molecule has 0 spiro atoms. The standard InChI is InChI=1S/C18H28/c1-5-7-8-10-16(4)18-13-11-17(12-14-18)15(3)9-6-2/h11-15H,4-10H2,1-3H3. The first-order valence-corrected chi connectivity index (χ1v) is 7.47. The zero-order valence-corrected chi connectivity index (χ0v) is 12.3. The molecule has 0 saturated heterocycles. The molecule has 0 N–H and O–H groups in total. The van der Waals surface area contributed by atoms with Crippen LogP contribution in [0.3, 0.4) is 0 Å². The summed E-state index contributed by atoms with van der Waals surface area (Å²) in [5, 5.41) is 0. The summed E-state index contributed by atoms with van der Waals surface area (Å²) in [4.78, 5) is 0. The third-order valence-corrected chi connectivity index (χ3v) is 3.69. The number of benzene rings is 1. The molecule has 1 aromatic carbocycles. The Balaban J connectivity index is 2.56. The van der Waals surface area contributed by atoms with Gasteiger partial charge in [0, 0.05) is 0 Å². The van der Waals surface area contributed by atoms with Gasteiger partial charge in [-0.2, -0.15) is 0 Å². The fraction of sp³-hybridized carbons (Fsp3) is 0.556. The lowest BCUT2D eigenvalue weighted by Crippen LogP contribution is -1.93. The van der Waals surface area contributed by atoms with Gasteiger partial charge in [0.15, 0.2) is 0 Å². The molecular formula is C18H28. The molecule has 0 heteroatoms. The van der Waals surface area contributed by atoms with Gasteiger partial charge in [-0.15, -0.1) is 0 Å². The highest BCUT2D eigenvalue weighted by atomic mass is 14.1. The lowest BCUT2D eigenvalue weighted by atomic mass is 9.93. The van der Waals surface area contributed by atoms with E-state index in [1.54, 1.807) is 0 Å². The van der Waals surface area contributed by atoms with Crippen LogP contribution >= 0.6 is 0 Å². The highest BCUT2D eigenvalue weighted by Gasteiger charge is 2.05. The summed E-state index contributed by atoms with van der Waals surface area (Å²) in [6, 6.07) is 9.05. The summed E-state index contributed by atoms with van der Waals surface area (Å²) in [5.74, 6) is 0.678. The highest BCUT2D eigenvalue weighted by Crippen LogP contribution is 2.24. The molecule has 18 heavy (non-hydrogen) atoms.